The van der Waals surface area contributed by atoms with Crippen molar-refractivity contribution in [3.63, 3.8) is 0 Å². The van der Waals surface area contributed by atoms with Gasteiger partial charge in [-0.15, -0.1) is 0 Å². The Morgan fingerprint density at radius 2 is 1.63 bits per heavy atom. The first-order valence-corrected chi connectivity index (χ1v) is 10.1. The van der Waals surface area contributed by atoms with Crippen LogP contribution in [0.3, 0.4) is 0 Å². The molecule has 6 nitrogen and oxygen atoms in total. The SMILES string of the molecule is CC(=O)N(C)Cc1ccccc1NC(=O)c1ccc(S(=O)(=O)C(C)C)cc1. The highest BCUT2D eigenvalue weighted by Gasteiger charge is 2.19. The first-order valence-electron chi connectivity index (χ1n) is 8.58. The lowest BCUT2D eigenvalue weighted by Gasteiger charge is -2.18. The molecule has 2 aromatic rings. The van der Waals surface area contributed by atoms with E-state index >= 15 is 0 Å². The van der Waals surface area contributed by atoms with Crippen molar-refractivity contribution in [2.24, 2.45) is 0 Å². The third kappa shape index (κ3) is 4.95. The Morgan fingerprint density at radius 1 is 1.04 bits per heavy atom. The van der Waals surface area contributed by atoms with Crippen LogP contribution in [0.25, 0.3) is 0 Å². The first-order chi connectivity index (χ1) is 12.6. The predicted octanol–water partition coefficient (Wildman–Crippen LogP) is 3.10. The molecule has 0 heterocycles. The molecule has 0 spiro atoms. The second-order valence-electron chi connectivity index (χ2n) is 6.60. The summed E-state index contributed by atoms with van der Waals surface area (Å²) in [6, 6.07) is 13.1. The van der Waals surface area contributed by atoms with Crippen LogP contribution >= 0.6 is 0 Å². The van der Waals surface area contributed by atoms with Crippen LogP contribution in [0.2, 0.25) is 0 Å². The normalized spacial score (nSPS) is 11.3. The summed E-state index contributed by atoms with van der Waals surface area (Å²) in [7, 11) is -1.69. The van der Waals surface area contributed by atoms with Gasteiger partial charge in [0.2, 0.25) is 5.91 Å². The van der Waals surface area contributed by atoms with Gasteiger partial charge in [0, 0.05) is 31.8 Å². The molecule has 144 valence electrons. The molecule has 2 amide bonds. The van der Waals surface area contributed by atoms with Crippen LogP contribution in [0.15, 0.2) is 53.4 Å². The number of carbonyl (C=O) groups excluding carboxylic acids is 2. The zero-order valence-electron chi connectivity index (χ0n) is 15.9. The molecule has 0 saturated carbocycles. The van der Waals surface area contributed by atoms with Crippen LogP contribution in [-0.2, 0) is 21.2 Å². The van der Waals surface area contributed by atoms with Crippen molar-refractivity contribution in [3.05, 3.63) is 59.7 Å². The van der Waals surface area contributed by atoms with Gasteiger partial charge in [-0.05, 0) is 49.7 Å². The summed E-state index contributed by atoms with van der Waals surface area (Å²) in [4.78, 5) is 25.7. The molecular formula is C20H24N2O4S. The number of amides is 2. The van der Waals surface area contributed by atoms with Crippen molar-refractivity contribution in [2.75, 3.05) is 12.4 Å². The largest absolute Gasteiger partial charge is 0.342 e. The van der Waals surface area contributed by atoms with Gasteiger partial charge in [0.05, 0.1) is 10.1 Å². The summed E-state index contributed by atoms with van der Waals surface area (Å²) in [6.07, 6.45) is 0. The standard InChI is InChI=1S/C20H24N2O4S/c1-14(2)27(25,26)18-11-9-16(10-12-18)20(24)21-19-8-6-5-7-17(19)13-22(4)15(3)23/h5-12,14H,13H2,1-4H3,(H,21,24). The number of sulfone groups is 1. The highest BCUT2D eigenvalue weighted by molar-refractivity contribution is 7.92. The molecule has 0 atom stereocenters. The van der Waals surface area contributed by atoms with Gasteiger partial charge in [-0.3, -0.25) is 9.59 Å². The van der Waals surface area contributed by atoms with E-state index in [9.17, 15) is 18.0 Å². The van der Waals surface area contributed by atoms with Gasteiger partial charge >= 0.3 is 0 Å². The second kappa shape index (κ2) is 8.35. The van der Waals surface area contributed by atoms with Crippen LogP contribution in [-0.4, -0.2) is 37.4 Å². The number of rotatable bonds is 6. The lowest BCUT2D eigenvalue weighted by atomic mass is 10.1. The number of benzene rings is 2. The van der Waals surface area contributed by atoms with Gasteiger partial charge in [-0.1, -0.05) is 18.2 Å². The van der Waals surface area contributed by atoms with Gasteiger partial charge in [-0.25, -0.2) is 8.42 Å². The Bertz CT molecular complexity index is 935. The fraction of sp³-hybridized carbons (Fsp3) is 0.300. The molecule has 0 aliphatic rings. The molecule has 27 heavy (non-hydrogen) atoms. The fourth-order valence-corrected chi connectivity index (χ4v) is 3.47. The predicted molar refractivity (Wildman–Crippen MR) is 105 cm³/mol. The number of nitrogens with zero attached hydrogens (tertiary/aromatic N) is 1. The summed E-state index contributed by atoms with van der Waals surface area (Å²) in [5.74, 6) is -0.417. The molecule has 1 N–H and O–H groups in total. The molecule has 2 aromatic carbocycles. The minimum absolute atomic E-state index is 0.0712. The Labute approximate surface area is 160 Å². The van der Waals surface area contributed by atoms with Crippen molar-refractivity contribution in [3.8, 4) is 0 Å². The molecule has 0 fully saturated rings. The van der Waals surface area contributed by atoms with Crippen LogP contribution in [0.4, 0.5) is 5.69 Å². The topological polar surface area (TPSA) is 83.6 Å². The van der Waals surface area contributed by atoms with Gasteiger partial charge in [-0.2, -0.15) is 0 Å². The van der Waals surface area contributed by atoms with E-state index in [0.29, 0.717) is 17.8 Å². The minimum atomic E-state index is -3.38. The van der Waals surface area contributed by atoms with Crippen LogP contribution in [0.5, 0.6) is 0 Å². The summed E-state index contributed by atoms with van der Waals surface area (Å²) in [5.41, 5.74) is 1.77. The zero-order valence-corrected chi connectivity index (χ0v) is 16.7. The van der Waals surface area contributed by atoms with Crippen LogP contribution in [0, 0.1) is 0 Å². The summed E-state index contributed by atoms with van der Waals surface area (Å²) >= 11 is 0. The summed E-state index contributed by atoms with van der Waals surface area (Å²) in [6.45, 7) is 5.08. The van der Waals surface area contributed by atoms with E-state index in [1.807, 2.05) is 12.1 Å². The zero-order chi connectivity index (χ0) is 20.2. The van der Waals surface area contributed by atoms with Gasteiger partial charge in [0.25, 0.3) is 5.91 Å². The van der Waals surface area contributed by atoms with E-state index in [1.165, 1.54) is 31.2 Å². The Kier molecular flexibility index (Phi) is 6.38. The third-order valence-corrected chi connectivity index (χ3v) is 6.45. The first kappa shape index (κ1) is 20.6. The smallest absolute Gasteiger partial charge is 0.255 e. The third-order valence-electron chi connectivity index (χ3n) is 4.28. The number of hydrogen-bond acceptors (Lipinski definition) is 4. The molecule has 0 aliphatic heterocycles. The van der Waals surface area contributed by atoms with Crippen LogP contribution in [0.1, 0.15) is 36.7 Å². The maximum Gasteiger partial charge on any atom is 0.255 e. The number of anilines is 1. The Balaban J connectivity index is 2.20. The average Bonchev–Trinajstić information content (AvgIpc) is 2.63. The Hall–Kier alpha value is -2.67. The van der Waals surface area contributed by atoms with Gasteiger partial charge < -0.3 is 10.2 Å². The van der Waals surface area contributed by atoms with E-state index < -0.39 is 15.1 Å². The molecule has 7 heteroatoms. The maximum absolute atomic E-state index is 12.5. The lowest BCUT2D eigenvalue weighted by molar-refractivity contribution is -0.128. The molecular weight excluding hydrogens is 364 g/mol. The average molecular weight is 388 g/mol. The number of para-hydroxylation sites is 1. The van der Waals surface area contributed by atoms with Crippen LogP contribution < -0.4 is 5.32 Å². The molecule has 0 bridgehead atoms. The fourth-order valence-electron chi connectivity index (χ4n) is 2.41. The lowest BCUT2D eigenvalue weighted by Crippen LogP contribution is -2.24. The van der Waals surface area contributed by atoms with Crippen molar-refractivity contribution in [2.45, 2.75) is 37.5 Å². The molecule has 0 unspecified atom stereocenters. The van der Waals surface area contributed by atoms with Gasteiger partial charge in [0.1, 0.15) is 0 Å². The Morgan fingerprint density at radius 3 is 2.19 bits per heavy atom. The number of carbonyl (C=O) groups is 2. The van der Waals surface area contributed by atoms with Crippen molar-refractivity contribution in [1.82, 2.24) is 4.90 Å². The molecule has 0 aliphatic carbocycles. The van der Waals surface area contributed by atoms with E-state index in [-0.39, 0.29) is 16.7 Å². The summed E-state index contributed by atoms with van der Waals surface area (Å²) in [5, 5.41) is 2.30. The quantitative estimate of drug-likeness (QED) is 0.824. The van der Waals surface area contributed by atoms with Crippen molar-refractivity contribution < 1.29 is 18.0 Å². The van der Waals surface area contributed by atoms with Crippen molar-refractivity contribution in [1.29, 1.82) is 0 Å². The number of hydrogen-bond donors (Lipinski definition) is 1. The minimum Gasteiger partial charge on any atom is -0.342 e. The highest BCUT2D eigenvalue weighted by Crippen LogP contribution is 2.20. The molecule has 0 aromatic heterocycles. The van der Waals surface area contributed by atoms with Gasteiger partial charge in [0.15, 0.2) is 9.84 Å². The molecule has 0 radical (unpaired) electrons. The number of nitrogens with one attached hydrogen (secondary N) is 1. The second-order valence-corrected chi connectivity index (χ2v) is 9.11. The van der Waals surface area contributed by atoms with E-state index in [1.54, 1.807) is 37.9 Å². The monoisotopic (exact) mass is 388 g/mol. The maximum atomic E-state index is 12.5. The van der Waals surface area contributed by atoms with E-state index in [0.717, 1.165) is 5.56 Å². The van der Waals surface area contributed by atoms with Crippen molar-refractivity contribution >= 4 is 27.3 Å². The van der Waals surface area contributed by atoms with E-state index in [4.69, 9.17) is 0 Å². The van der Waals surface area contributed by atoms with E-state index in [2.05, 4.69) is 5.32 Å². The molecule has 0 saturated heterocycles. The molecule has 2 rings (SSSR count). The highest BCUT2D eigenvalue weighted by atomic mass is 32.2. The summed E-state index contributed by atoms with van der Waals surface area (Å²) < 4.78 is 24.3.